The van der Waals surface area contributed by atoms with Gasteiger partial charge in [-0.2, -0.15) is 5.10 Å². The van der Waals surface area contributed by atoms with Gasteiger partial charge >= 0.3 is 0 Å². The summed E-state index contributed by atoms with van der Waals surface area (Å²) in [6, 6.07) is 1.12. The van der Waals surface area contributed by atoms with Crippen LogP contribution in [0.1, 0.15) is 5.82 Å². The number of nitrogens with zero attached hydrogens (tertiary/aromatic N) is 3. The normalized spacial score (nSPS) is 18.7. The quantitative estimate of drug-likeness (QED) is 0.612. The molecular formula is C11H21N3O3Si. The Balaban J connectivity index is 1.85. The molecule has 0 aliphatic carbocycles. The van der Waals surface area contributed by atoms with Gasteiger partial charge in [0, 0.05) is 14.7 Å². The van der Waals surface area contributed by atoms with Crippen LogP contribution in [0.25, 0.3) is 0 Å². The Hall–Kier alpha value is -0.763. The minimum Gasteiger partial charge on any atom is -0.377 e. The van der Waals surface area contributed by atoms with Crippen LogP contribution in [0.2, 0.25) is 25.7 Å². The summed E-state index contributed by atoms with van der Waals surface area (Å²) in [6.07, 6.45) is 1.44. The summed E-state index contributed by atoms with van der Waals surface area (Å²) >= 11 is 0. The molecule has 18 heavy (non-hydrogen) atoms. The Morgan fingerprint density at radius 2 is 2.22 bits per heavy atom. The molecule has 0 saturated carbocycles. The molecule has 0 atom stereocenters. The van der Waals surface area contributed by atoms with E-state index >= 15 is 0 Å². The molecule has 2 rings (SSSR count). The van der Waals surface area contributed by atoms with E-state index in [0.717, 1.165) is 12.7 Å². The lowest BCUT2D eigenvalue weighted by Gasteiger charge is -2.35. The van der Waals surface area contributed by atoms with Gasteiger partial charge in [0.2, 0.25) is 0 Å². The maximum atomic E-state index is 10.1. The number of aromatic nitrogens is 3. The Morgan fingerprint density at radius 1 is 1.50 bits per heavy atom. The zero-order valence-electron chi connectivity index (χ0n) is 11.2. The lowest BCUT2D eigenvalue weighted by Crippen LogP contribution is -2.48. The van der Waals surface area contributed by atoms with Gasteiger partial charge in [0.1, 0.15) is 13.1 Å². The molecule has 1 N–H and O–H groups in total. The van der Waals surface area contributed by atoms with Crippen molar-refractivity contribution < 1.29 is 14.6 Å². The van der Waals surface area contributed by atoms with Crippen LogP contribution < -0.4 is 0 Å². The molecule has 1 aliphatic rings. The van der Waals surface area contributed by atoms with E-state index < -0.39 is 13.7 Å². The van der Waals surface area contributed by atoms with Crippen molar-refractivity contribution >= 4 is 8.07 Å². The fourth-order valence-corrected chi connectivity index (χ4v) is 2.43. The zero-order valence-corrected chi connectivity index (χ0v) is 12.2. The molecule has 0 spiro atoms. The Bertz CT molecular complexity index is 398. The van der Waals surface area contributed by atoms with Crippen molar-refractivity contribution in [1.82, 2.24) is 14.8 Å². The molecule has 0 radical (unpaired) electrons. The molecule has 102 valence electrons. The highest BCUT2D eigenvalue weighted by atomic mass is 28.3. The minimum atomic E-state index is -1.06. The first kappa shape index (κ1) is 13.7. The van der Waals surface area contributed by atoms with Crippen molar-refractivity contribution in [2.45, 2.75) is 38.0 Å². The van der Waals surface area contributed by atoms with Gasteiger partial charge in [0.15, 0.2) is 11.4 Å². The second-order valence-electron chi connectivity index (χ2n) is 5.96. The molecule has 7 heteroatoms. The first-order chi connectivity index (χ1) is 8.41. The highest BCUT2D eigenvalue weighted by molar-refractivity contribution is 6.76. The summed E-state index contributed by atoms with van der Waals surface area (Å²) in [6.45, 7) is 8.55. The van der Waals surface area contributed by atoms with Gasteiger partial charge in [-0.05, 0) is 6.04 Å². The standard InChI is InChI=1S/C11H21N3O3Si/c1-18(2,3)5-4-16-9-14-10(12-8-13-14)11(15)6-17-7-11/h8,15H,4-7,9H2,1-3H3. The summed E-state index contributed by atoms with van der Waals surface area (Å²) in [5.74, 6) is 0.529. The van der Waals surface area contributed by atoms with Gasteiger partial charge in [-0.1, -0.05) is 19.6 Å². The first-order valence-electron chi connectivity index (χ1n) is 6.17. The van der Waals surface area contributed by atoms with E-state index in [1.807, 2.05) is 0 Å². The fraction of sp³-hybridized carbons (Fsp3) is 0.818. The fourth-order valence-electron chi connectivity index (χ4n) is 1.67. The molecule has 2 heterocycles. The minimum absolute atomic E-state index is 0.278. The largest absolute Gasteiger partial charge is 0.377 e. The van der Waals surface area contributed by atoms with Crippen molar-refractivity contribution in [3.8, 4) is 0 Å². The second-order valence-corrected chi connectivity index (χ2v) is 11.6. The van der Waals surface area contributed by atoms with Gasteiger partial charge in [0.05, 0.1) is 13.2 Å². The third-order valence-corrected chi connectivity index (χ3v) is 4.63. The molecule has 0 amide bonds. The van der Waals surface area contributed by atoms with Gasteiger partial charge in [-0.25, -0.2) is 9.67 Å². The monoisotopic (exact) mass is 271 g/mol. The SMILES string of the molecule is C[Si](C)(C)CCOCn1ncnc1C1(O)COC1. The van der Waals surface area contributed by atoms with E-state index in [-0.39, 0.29) is 13.2 Å². The predicted molar refractivity (Wildman–Crippen MR) is 68.8 cm³/mol. The smallest absolute Gasteiger partial charge is 0.170 e. The van der Waals surface area contributed by atoms with E-state index in [1.54, 1.807) is 4.68 Å². The molecule has 6 nitrogen and oxygen atoms in total. The summed E-state index contributed by atoms with van der Waals surface area (Å²) in [5, 5.41) is 14.2. The van der Waals surface area contributed by atoms with E-state index in [1.165, 1.54) is 6.33 Å². The van der Waals surface area contributed by atoms with Crippen molar-refractivity contribution in [2.75, 3.05) is 19.8 Å². The van der Waals surface area contributed by atoms with Crippen LogP contribution in [0.15, 0.2) is 6.33 Å². The molecule has 1 fully saturated rings. The highest BCUT2D eigenvalue weighted by Gasteiger charge is 2.42. The lowest BCUT2D eigenvalue weighted by atomic mass is 10.0. The summed E-state index contributed by atoms with van der Waals surface area (Å²) < 4.78 is 12.2. The van der Waals surface area contributed by atoms with Gasteiger partial charge in [0.25, 0.3) is 0 Å². The second kappa shape index (κ2) is 5.08. The van der Waals surface area contributed by atoms with E-state index in [2.05, 4.69) is 29.7 Å². The van der Waals surface area contributed by atoms with E-state index in [4.69, 9.17) is 9.47 Å². The van der Waals surface area contributed by atoms with Crippen LogP contribution in [-0.4, -0.2) is 47.8 Å². The molecule has 0 aromatic carbocycles. The Morgan fingerprint density at radius 3 is 2.78 bits per heavy atom. The van der Waals surface area contributed by atoms with Crippen molar-refractivity contribution in [3.05, 3.63) is 12.2 Å². The summed E-state index contributed by atoms with van der Waals surface area (Å²) in [7, 11) is -1.06. The maximum Gasteiger partial charge on any atom is 0.170 e. The maximum absolute atomic E-state index is 10.1. The number of hydrogen-bond donors (Lipinski definition) is 1. The van der Waals surface area contributed by atoms with E-state index in [0.29, 0.717) is 12.6 Å². The molecule has 1 aromatic heterocycles. The number of rotatable bonds is 6. The van der Waals surface area contributed by atoms with Crippen LogP contribution in [-0.2, 0) is 21.8 Å². The van der Waals surface area contributed by atoms with Crippen LogP contribution in [0.4, 0.5) is 0 Å². The average Bonchev–Trinajstić information content (AvgIpc) is 2.68. The van der Waals surface area contributed by atoms with Gasteiger partial charge < -0.3 is 14.6 Å². The van der Waals surface area contributed by atoms with Crippen LogP contribution in [0, 0.1) is 0 Å². The van der Waals surface area contributed by atoms with Crippen molar-refractivity contribution in [3.63, 3.8) is 0 Å². The van der Waals surface area contributed by atoms with Gasteiger partial charge in [-0.3, -0.25) is 0 Å². The first-order valence-corrected chi connectivity index (χ1v) is 9.88. The van der Waals surface area contributed by atoms with Crippen LogP contribution >= 0.6 is 0 Å². The number of aliphatic hydroxyl groups is 1. The summed E-state index contributed by atoms with van der Waals surface area (Å²) in [5.41, 5.74) is -0.987. The Labute approximate surface area is 108 Å². The molecule has 1 aliphatic heterocycles. The third-order valence-electron chi connectivity index (χ3n) is 2.92. The molecular weight excluding hydrogens is 250 g/mol. The predicted octanol–water partition coefficient (Wildman–Crippen LogP) is 0.808. The van der Waals surface area contributed by atoms with Gasteiger partial charge in [-0.15, -0.1) is 0 Å². The Kier molecular flexibility index (Phi) is 3.86. The molecule has 1 aromatic rings. The van der Waals surface area contributed by atoms with Crippen molar-refractivity contribution in [2.24, 2.45) is 0 Å². The number of hydrogen-bond acceptors (Lipinski definition) is 5. The van der Waals surface area contributed by atoms with Crippen molar-refractivity contribution in [1.29, 1.82) is 0 Å². The highest BCUT2D eigenvalue weighted by Crippen LogP contribution is 2.27. The lowest BCUT2D eigenvalue weighted by molar-refractivity contribution is -0.192. The van der Waals surface area contributed by atoms with E-state index in [9.17, 15) is 5.11 Å². The topological polar surface area (TPSA) is 69.4 Å². The third kappa shape index (κ3) is 3.17. The number of ether oxygens (including phenoxy) is 2. The van der Waals surface area contributed by atoms with Crippen LogP contribution in [0.3, 0.4) is 0 Å². The zero-order chi connectivity index (χ0) is 13.2. The molecule has 0 unspecified atom stereocenters. The summed E-state index contributed by atoms with van der Waals surface area (Å²) in [4.78, 5) is 4.09. The average molecular weight is 271 g/mol. The molecule has 1 saturated heterocycles. The molecule has 0 bridgehead atoms. The van der Waals surface area contributed by atoms with Crippen LogP contribution in [0.5, 0.6) is 0 Å².